The summed E-state index contributed by atoms with van der Waals surface area (Å²) in [6.45, 7) is 0.940. The van der Waals surface area contributed by atoms with Crippen molar-refractivity contribution in [3.63, 3.8) is 0 Å². The Morgan fingerprint density at radius 2 is 1.71 bits per heavy atom. The fourth-order valence-electron chi connectivity index (χ4n) is 3.17. The van der Waals surface area contributed by atoms with Crippen molar-refractivity contribution >= 4 is 5.91 Å². The number of nitrogens with zero attached hydrogens (tertiary/aromatic N) is 1. The highest BCUT2D eigenvalue weighted by atomic mass is 19.4. The van der Waals surface area contributed by atoms with Gasteiger partial charge >= 0.3 is 6.18 Å². The topological polar surface area (TPSA) is 72.3 Å². The minimum atomic E-state index is -4.36. The second-order valence-electron chi connectivity index (χ2n) is 6.54. The molecule has 0 aromatic heterocycles. The van der Waals surface area contributed by atoms with Crippen molar-refractivity contribution < 1.29 is 18.0 Å². The van der Waals surface area contributed by atoms with Crippen molar-refractivity contribution in [2.75, 3.05) is 6.54 Å². The van der Waals surface area contributed by atoms with Gasteiger partial charge in [-0.25, -0.2) is 0 Å². The first-order valence-electron chi connectivity index (χ1n) is 8.72. The molecule has 2 aromatic rings. The van der Waals surface area contributed by atoms with Gasteiger partial charge in [0.15, 0.2) is 0 Å². The van der Waals surface area contributed by atoms with E-state index in [1.165, 1.54) is 30.5 Å². The fraction of sp³-hybridized carbons (Fsp3) is 0.190. The zero-order chi connectivity index (χ0) is 20.3. The molecule has 2 aromatic carbocycles. The number of allylic oxidation sites excluding steroid dienone is 2. The Morgan fingerprint density at radius 1 is 1.04 bits per heavy atom. The zero-order valence-corrected chi connectivity index (χ0v) is 15.0. The van der Waals surface area contributed by atoms with E-state index in [2.05, 4.69) is 0 Å². The third kappa shape index (κ3) is 4.19. The number of amides is 1. The average molecular weight is 387 g/mol. The smallest absolute Gasteiger partial charge is 0.405 e. The van der Waals surface area contributed by atoms with Crippen LogP contribution in [0.2, 0.25) is 0 Å². The van der Waals surface area contributed by atoms with Gasteiger partial charge in [-0.2, -0.15) is 13.2 Å². The normalized spacial score (nSPS) is 15.0. The van der Waals surface area contributed by atoms with Crippen LogP contribution in [0.1, 0.15) is 16.7 Å². The van der Waals surface area contributed by atoms with E-state index in [0.29, 0.717) is 25.1 Å². The first-order chi connectivity index (χ1) is 13.3. The van der Waals surface area contributed by atoms with Crippen molar-refractivity contribution in [1.82, 2.24) is 4.90 Å². The fourth-order valence-corrected chi connectivity index (χ4v) is 3.17. The highest BCUT2D eigenvalue weighted by Gasteiger charge is 2.30. The lowest BCUT2D eigenvalue weighted by Crippen LogP contribution is -2.38. The van der Waals surface area contributed by atoms with Gasteiger partial charge in [-0.05, 0) is 65.2 Å². The van der Waals surface area contributed by atoms with Crippen LogP contribution in [0.5, 0.6) is 0 Å². The first-order valence-corrected chi connectivity index (χ1v) is 8.72. The summed E-state index contributed by atoms with van der Waals surface area (Å²) in [4.78, 5) is 14.1. The molecule has 0 atom stereocenters. The monoisotopic (exact) mass is 387 g/mol. The van der Waals surface area contributed by atoms with E-state index >= 15 is 0 Å². The van der Waals surface area contributed by atoms with Gasteiger partial charge in [0.2, 0.25) is 0 Å². The molecule has 1 aliphatic rings. The summed E-state index contributed by atoms with van der Waals surface area (Å²) in [6.07, 6.45) is 0.572. The summed E-state index contributed by atoms with van der Waals surface area (Å²) in [5, 5.41) is 0. The molecule has 28 heavy (non-hydrogen) atoms. The van der Waals surface area contributed by atoms with E-state index in [4.69, 9.17) is 11.5 Å². The van der Waals surface area contributed by atoms with Crippen LogP contribution in [0.4, 0.5) is 13.2 Å². The Labute approximate surface area is 160 Å². The summed E-state index contributed by atoms with van der Waals surface area (Å²) in [5.41, 5.74) is 14.0. The molecular weight excluding hydrogens is 367 g/mol. The number of carbonyl (C=O) groups is 1. The predicted molar refractivity (Wildman–Crippen MR) is 102 cm³/mol. The highest BCUT2D eigenvalue weighted by Crippen LogP contribution is 2.32. The molecule has 0 bridgehead atoms. The Bertz CT molecular complexity index is 931. The van der Waals surface area contributed by atoms with Crippen LogP contribution < -0.4 is 11.5 Å². The van der Waals surface area contributed by atoms with Gasteiger partial charge in [-0.15, -0.1) is 0 Å². The number of halogens is 3. The molecule has 146 valence electrons. The minimum absolute atomic E-state index is 0.101. The molecule has 0 unspecified atom stereocenters. The molecular formula is C21H20F3N3O. The van der Waals surface area contributed by atoms with E-state index in [-0.39, 0.29) is 11.6 Å². The van der Waals surface area contributed by atoms with Crippen LogP contribution in [-0.2, 0) is 23.9 Å². The molecule has 1 amide bonds. The number of hydrogen-bond acceptors (Lipinski definition) is 3. The largest absolute Gasteiger partial charge is 0.416 e. The molecule has 1 aliphatic heterocycles. The third-order valence-electron chi connectivity index (χ3n) is 4.69. The Kier molecular flexibility index (Phi) is 5.44. The van der Waals surface area contributed by atoms with Crippen LogP contribution in [0.3, 0.4) is 0 Å². The average Bonchev–Trinajstić information content (AvgIpc) is 2.70. The Hall–Kier alpha value is -3.22. The second-order valence-corrected chi connectivity index (χ2v) is 6.54. The van der Waals surface area contributed by atoms with E-state index in [1.807, 2.05) is 18.2 Å². The van der Waals surface area contributed by atoms with Gasteiger partial charge in [-0.1, -0.05) is 24.3 Å². The molecule has 0 saturated carbocycles. The molecule has 0 radical (unpaired) electrons. The van der Waals surface area contributed by atoms with Crippen molar-refractivity contribution in [3.05, 3.63) is 83.2 Å². The van der Waals surface area contributed by atoms with Crippen LogP contribution in [0.15, 0.2) is 66.5 Å². The summed E-state index contributed by atoms with van der Waals surface area (Å²) in [7, 11) is 0. The van der Waals surface area contributed by atoms with Gasteiger partial charge in [0, 0.05) is 13.1 Å². The molecule has 0 saturated heterocycles. The van der Waals surface area contributed by atoms with Gasteiger partial charge < -0.3 is 16.4 Å². The van der Waals surface area contributed by atoms with Crippen LogP contribution >= 0.6 is 0 Å². The predicted octanol–water partition coefficient (Wildman–Crippen LogP) is 3.57. The lowest BCUT2D eigenvalue weighted by atomic mass is 9.94. The number of hydrogen-bond donors (Lipinski definition) is 2. The number of rotatable bonds is 3. The molecule has 0 aliphatic carbocycles. The number of carbonyl (C=O) groups excluding carboxylic acids is 1. The van der Waals surface area contributed by atoms with Gasteiger partial charge in [0.05, 0.1) is 11.3 Å². The molecule has 3 rings (SSSR count). The number of benzene rings is 2. The second kappa shape index (κ2) is 7.80. The number of fused-ring (bicyclic) bond motifs is 1. The van der Waals surface area contributed by atoms with Crippen molar-refractivity contribution in [2.24, 2.45) is 11.5 Å². The highest BCUT2D eigenvalue weighted by molar-refractivity contribution is 5.93. The molecule has 7 heteroatoms. The molecule has 0 fully saturated rings. The van der Waals surface area contributed by atoms with Gasteiger partial charge in [-0.3, -0.25) is 4.79 Å². The quantitative estimate of drug-likeness (QED) is 0.625. The zero-order valence-electron chi connectivity index (χ0n) is 15.0. The van der Waals surface area contributed by atoms with E-state index < -0.39 is 11.7 Å². The van der Waals surface area contributed by atoms with Gasteiger partial charge in [0.1, 0.15) is 0 Å². The SMILES string of the molecule is N/C=C\C=C(/N)C(=O)N1CCc2ccc(-c3ccc(C(F)(F)F)cc3)cc2C1. The Balaban J connectivity index is 1.83. The third-order valence-corrected chi connectivity index (χ3v) is 4.69. The summed E-state index contributed by atoms with van der Waals surface area (Å²) in [5.74, 6) is -0.274. The number of nitrogens with two attached hydrogens (primary N) is 2. The summed E-state index contributed by atoms with van der Waals surface area (Å²) < 4.78 is 38.2. The van der Waals surface area contributed by atoms with E-state index in [0.717, 1.165) is 28.8 Å². The van der Waals surface area contributed by atoms with Crippen molar-refractivity contribution in [1.29, 1.82) is 0 Å². The van der Waals surface area contributed by atoms with Crippen LogP contribution in [-0.4, -0.2) is 17.4 Å². The van der Waals surface area contributed by atoms with E-state index in [9.17, 15) is 18.0 Å². The molecule has 4 nitrogen and oxygen atoms in total. The van der Waals surface area contributed by atoms with Crippen molar-refractivity contribution in [2.45, 2.75) is 19.1 Å². The van der Waals surface area contributed by atoms with Crippen LogP contribution in [0, 0.1) is 0 Å². The van der Waals surface area contributed by atoms with E-state index in [1.54, 1.807) is 4.90 Å². The molecule has 0 spiro atoms. The van der Waals surface area contributed by atoms with Crippen LogP contribution in [0.25, 0.3) is 11.1 Å². The lowest BCUT2D eigenvalue weighted by molar-refractivity contribution is -0.137. The molecule has 4 N–H and O–H groups in total. The van der Waals surface area contributed by atoms with Gasteiger partial charge in [0.25, 0.3) is 5.91 Å². The maximum absolute atomic E-state index is 12.7. The number of alkyl halides is 3. The maximum Gasteiger partial charge on any atom is 0.416 e. The summed E-state index contributed by atoms with van der Waals surface area (Å²) in [6, 6.07) is 10.8. The first kappa shape index (κ1) is 19.5. The Morgan fingerprint density at radius 3 is 2.36 bits per heavy atom. The standard InChI is InChI=1S/C21H20F3N3O/c22-21(23,24)18-7-5-14(6-8-18)16-4-3-15-9-11-27(13-17(15)12-16)20(28)19(26)2-1-10-25/h1-8,10,12H,9,11,13,25-26H2/b10-1-,19-2-. The van der Waals surface area contributed by atoms with Crippen molar-refractivity contribution in [3.8, 4) is 11.1 Å². The summed E-state index contributed by atoms with van der Waals surface area (Å²) >= 11 is 0. The molecule has 1 heterocycles. The minimum Gasteiger partial charge on any atom is -0.405 e. The lowest BCUT2D eigenvalue weighted by Gasteiger charge is -2.29. The maximum atomic E-state index is 12.7.